The highest BCUT2D eigenvalue weighted by molar-refractivity contribution is 5.94. The van der Waals surface area contributed by atoms with E-state index in [1.54, 1.807) is 12.1 Å². The van der Waals surface area contributed by atoms with Crippen molar-refractivity contribution in [3.05, 3.63) is 29.8 Å². The third-order valence-corrected chi connectivity index (χ3v) is 3.18. The van der Waals surface area contributed by atoms with E-state index in [0.29, 0.717) is 18.0 Å². The van der Waals surface area contributed by atoms with Gasteiger partial charge in [-0.25, -0.2) is 0 Å². The number of aromatic hydroxyl groups is 1. The number of nitrogens with one attached hydrogen (secondary N) is 1. The maximum Gasteiger partial charge on any atom is 0.251 e. The third-order valence-electron chi connectivity index (χ3n) is 3.18. The van der Waals surface area contributed by atoms with E-state index < -0.39 is 0 Å². The summed E-state index contributed by atoms with van der Waals surface area (Å²) in [5.41, 5.74) is 0.756. The molecule has 3 nitrogen and oxygen atoms in total. The minimum atomic E-state index is -0.0962. The summed E-state index contributed by atoms with van der Waals surface area (Å²) in [6.07, 6.45) is 0. The Morgan fingerprint density at radius 1 is 1.29 bits per heavy atom. The molecule has 0 radical (unpaired) electrons. The van der Waals surface area contributed by atoms with Crippen LogP contribution in [-0.2, 0) is 0 Å². The maximum absolute atomic E-state index is 11.8. The van der Waals surface area contributed by atoms with Crippen molar-refractivity contribution in [2.45, 2.75) is 27.7 Å². The van der Waals surface area contributed by atoms with E-state index in [9.17, 15) is 4.79 Å². The van der Waals surface area contributed by atoms with Crippen molar-refractivity contribution >= 4 is 5.91 Å². The molecule has 1 amide bonds. The van der Waals surface area contributed by atoms with Gasteiger partial charge in [-0.3, -0.25) is 4.79 Å². The summed E-state index contributed by atoms with van der Waals surface area (Å²) < 4.78 is 0. The highest BCUT2D eigenvalue weighted by Gasteiger charge is 2.20. The molecule has 1 unspecified atom stereocenters. The summed E-state index contributed by atoms with van der Waals surface area (Å²) in [5.74, 6) is 0.481. The van der Waals surface area contributed by atoms with E-state index in [1.165, 1.54) is 12.1 Å². The molecular weight excluding hydrogens is 214 g/mol. The van der Waals surface area contributed by atoms with Crippen molar-refractivity contribution in [3.63, 3.8) is 0 Å². The molecule has 0 spiro atoms. The molecule has 0 heterocycles. The number of phenols is 1. The van der Waals surface area contributed by atoms with Crippen LogP contribution in [0.3, 0.4) is 0 Å². The van der Waals surface area contributed by atoms with E-state index in [4.69, 9.17) is 5.11 Å². The summed E-state index contributed by atoms with van der Waals surface area (Å²) in [6, 6.07) is 6.27. The lowest BCUT2D eigenvalue weighted by atomic mass is 9.82. The van der Waals surface area contributed by atoms with Gasteiger partial charge >= 0.3 is 0 Å². The number of amides is 1. The second-order valence-electron chi connectivity index (χ2n) is 5.52. The molecule has 0 bridgehead atoms. The van der Waals surface area contributed by atoms with Crippen LogP contribution >= 0.6 is 0 Å². The van der Waals surface area contributed by atoms with Crippen molar-refractivity contribution in [1.29, 1.82) is 0 Å². The Morgan fingerprint density at radius 2 is 1.82 bits per heavy atom. The van der Waals surface area contributed by atoms with Crippen LogP contribution in [0.4, 0.5) is 0 Å². The number of carbonyl (C=O) groups is 1. The monoisotopic (exact) mass is 235 g/mol. The predicted octanol–water partition coefficient (Wildman–Crippen LogP) is 2.80. The van der Waals surface area contributed by atoms with Crippen molar-refractivity contribution in [2.75, 3.05) is 6.54 Å². The van der Waals surface area contributed by atoms with Gasteiger partial charge in [0.15, 0.2) is 0 Å². The highest BCUT2D eigenvalue weighted by Crippen LogP contribution is 2.24. The molecule has 1 rings (SSSR count). The van der Waals surface area contributed by atoms with Crippen molar-refractivity contribution < 1.29 is 9.90 Å². The van der Waals surface area contributed by atoms with Gasteiger partial charge < -0.3 is 10.4 Å². The van der Waals surface area contributed by atoms with E-state index in [0.717, 1.165) is 0 Å². The molecule has 0 saturated heterocycles. The number of rotatable bonds is 3. The number of hydrogen-bond donors (Lipinski definition) is 2. The van der Waals surface area contributed by atoms with Crippen LogP contribution in [-0.4, -0.2) is 17.6 Å². The Morgan fingerprint density at radius 3 is 2.29 bits per heavy atom. The fraction of sp³-hybridized carbons (Fsp3) is 0.500. The summed E-state index contributed by atoms with van der Waals surface area (Å²) in [7, 11) is 0. The van der Waals surface area contributed by atoms with Crippen LogP contribution in [0.5, 0.6) is 5.75 Å². The van der Waals surface area contributed by atoms with Gasteiger partial charge in [-0.05, 0) is 35.6 Å². The lowest BCUT2D eigenvalue weighted by molar-refractivity contribution is 0.0937. The third kappa shape index (κ3) is 4.10. The standard InChI is InChI=1S/C14H21NO2/c1-10(14(2,3)4)9-15-13(17)11-5-7-12(16)8-6-11/h5-8,10,16H,9H2,1-4H3,(H,15,17). The van der Waals surface area contributed by atoms with Gasteiger partial charge in [0.2, 0.25) is 0 Å². The average molecular weight is 235 g/mol. The molecule has 1 atom stereocenters. The first-order valence-corrected chi connectivity index (χ1v) is 5.88. The van der Waals surface area contributed by atoms with Crippen LogP contribution in [0.2, 0.25) is 0 Å². The molecule has 0 aromatic heterocycles. The molecule has 2 N–H and O–H groups in total. The van der Waals surface area contributed by atoms with Crippen LogP contribution in [0.25, 0.3) is 0 Å². The lowest BCUT2D eigenvalue weighted by Gasteiger charge is -2.27. The molecule has 1 aromatic rings. The smallest absolute Gasteiger partial charge is 0.251 e. The van der Waals surface area contributed by atoms with E-state index in [2.05, 4.69) is 33.0 Å². The van der Waals surface area contributed by atoms with Gasteiger partial charge in [0, 0.05) is 12.1 Å². The van der Waals surface area contributed by atoms with Gasteiger partial charge in [0.05, 0.1) is 0 Å². The Balaban J connectivity index is 2.53. The van der Waals surface area contributed by atoms with Gasteiger partial charge in [-0.1, -0.05) is 27.7 Å². The minimum absolute atomic E-state index is 0.0962. The molecule has 1 aromatic carbocycles. The topological polar surface area (TPSA) is 49.3 Å². The van der Waals surface area contributed by atoms with Crippen LogP contribution < -0.4 is 5.32 Å². The summed E-state index contributed by atoms with van der Waals surface area (Å²) in [5, 5.41) is 12.0. The zero-order valence-electron chi connectivity index (χ0n) is 10.9. The van der Waals surface area contributed by atoms with Crippen LogP contribution in [0.15, 0.2) is 24.3 Å². The molecule has 17 heavy (non-hydrogen) atoms. The molecule has 94 valence electrons. The first kappa shape index (κ1) is 13.6. The Bertz CT molecular complexity index is 376. The molecule has 0 aliphatic heterocycles. The van der Waals surface area contributed by atoms with Gasteiger partial charge in [0.25, 0.3) is 5.91 Å². The normalized spacial score (nSPS) is 13.2. The highest BCUT2D eigenvalue weighted by atomic mass is 16.3. The largest absolute Gasteiger partial charge is 0.508 e. The first-order valence-electron chi connectivity index (χ1n) is 5.88. The maximum atomic E-state index is 11.8. The molecule has 0 saturated carbocycles. The number of benzene rings is 1. The van der Waals surface area contributed by atoms with E-state index >= 15 is 0 Å². The summed E-state index contributed by atoms with van der Waals surface area (Å²) in [6.45, 7) is 9.25. The zero-order chi connectivity index (χ0) is 13.1. The molecule has 0 fully saturated rings. The first-order chi connectivity index (χ1) is 7.80. The Labute approximate surface area is 103 Å². The minimum Gasteiger partial charge on any atom is -0.508 e. The second kappa shape index (κ2) is 5.21. The van der Waals surface area contributed by atoms with Crippen LogP contribution in [0, 0.1) is 11.3 Å². The van der Waals surface area contributed by atoms with Gasteiger partial charge in [0.1, 0.15) is 5.75 Å². The summed E-state index contributed by atoms with van der Waals surface area (Å²) >= 11 is 0. The predicted molar refractivity (Wildman–Crippen MR) is 69.1 cm³/mol. The number of carbonyl (C=O) groups excluding carboxylic acids is 1. The Kier molecular flexibility index (Phi) is 4.16. The molecular formula is C14H21NO2. The van der Waals surface area contributed by atoms with Crippen molar-refractivity contribution in [2.24, 2.45) is 11.3 Å². The molecule has 3 heteroatoms. The Hall–Kier alpha value is -1.51. The molecule has 0 aliphatic rings. The van der Waals surface area contributed by atoms with Crippen molar-refractivity contribution in [3.8, 4) is 5.75 Å². The number of hydrogen-bond acceptors (Lipinski definition) is 2. The van der Waals surface area contributed by atoms with Crippen LogP contribution in [0.1, 0.15) is 38.1 Å². The average Bonchev–Trinajstić information content (AvgIpc) is 2.25. The zero-order valence-corrected chi connectivity index (χ0v) is 10.9. The molecule has 0 aliphatic carbocycles. The van der Waals surface area contributed by atoms with E-state index in [1.807, 2.05) is 0 Å². The van der Waals surface area contributed by atoms with Gasteiger partial charge in [-0.2, -0.15) is 0 Å². The van der Waals surface area contributed by atoms with E-state index in [-0.39, 0.29) is 17.1 Å². The lowest BCUT2D eigenvalue weighted by Crippen LogP contribution is -2.33. The quantitative estimate of drug-likeness (QED) is 0.846. The SMILES string of the molecule is CC(CNC(=O)c1ccc(O)cc1)C(C)(C)C. The fourth-order valence-electron chi connectivity index (χ4n) is 1.27. The van der Waals surface area contributed by atoms with Crippen molar-refractivity contribution in [1.82, 2.24) is 5.32 Å². The fourth-order valence-corrected chi connectivity index (χ4v) is 1.27. The number of phenolic OH excluding ortho intramolecular Hbond substituents is 1. The van der Waals surface area contributed by atoms with Gasteiger partial charge in [-0.15, -0.1) is 0 Å². The summed E-state index contributed by atoms with van der Waals surface area (Å²) in [4.78, 5) is 11.8. The second-order valence-corrected chi connectivity index (χ2v) is 5.52.